The molecule has 0 aromatic heterocycles. The monoisotopic (exact) mass is 299 g/mol. The maximum Gasteiger partial charge on any atom is 0.163 e. The van der Waals surface area contributed by atoms with E-state index in [4.69, 9.17) is 0 Å². The van der Waals surface area contributed by atoms with Gasteiger partial charge in [-0.3, -0.25) is 0 Å². The molecule has 1 saturated carbocycles. The van der Waals surface area contributed by atoms with E-state index in [1.165, 1.54) is 25.7 Å². The van der Waals surface area contributed by atoms with Gasteiger partial charge in [0.25, 0.3) is 0 Å². The average molecular weight is 299 g/mol. The largest absolute Gasteiger partial charge is 0.309 e. The minimum atomic E-state index is -0.712. The third-order valence-corrected chi connectivity index (χ3v) is 5.40. The van der Waals surface area contributed by atoms with Gasteiger partial charge in [0.15, 0.2) is 11.6 Å². The average Bonchev–Trinajstić information content (AvgIpc) is 2.95. The molecular formula is C16H23F2NS. The Labute approximate surface area is 124 Å². The van der Waals surface area contributed by atoms with Crippen molar-refractivity contribution in [3.63, 3.8) is 0 Å². The maximum atomic E-state index is 14.1. The highest BCUT2D eigenvalue weighted by Crippen LogP contribution is 2.33. The molecule has 1 nitrogen and oxygen atoms in total. The maximum absolute atomic E-state index is 14.1. The second kappa shape index (κ2) is 7.41. The lowest BCUT2D eigenvalue weighted by atomic mass is 10.0. The van der Waals surface area contributed by atoms with Gasteiger partial charge < -0.3 is 5.32 Å². The molecule has 0 saturated heterocycles. The molecule has 112 valence electrons. The molecule has 0 heterocycles. The van der Waals surface area contributed by atoms with Crippen molar-refractivity contribution in [1.82, 2.24) is 5.32 Å². The van der Waals surface area contributed by atoms with Gasteiger partial charge in [0.05, 0.1) is 0 Å². The van der Waals surface area contributed by atoms with Crippen LogP contribution in [0.4, 0.5) is 8.78 Å². The minimum Gasteiger partial charge on any atom is -0.309 e. The van der Waals surface area contributed by atoms with Gasteiger partial charge in [-0.25, -0.2) is 8.78 Å². The van der Waals surface area contributed by atoms with Crippen LogP contribution in [0, 0.1) is 18.6 Å². The van der Waals surface area contributed by atoms with Gasteiger partial charge in [0.1, 0.15) is 0 Å². The highest BCUT2D eigenvalue weighted by molar-refractivity contribution is 7.99. The van der Waals surface area contributed by atoms with Gasteiger partial charge in [0.2, 0.25) is 0 Å². The van der Waals surface area contributed by atoms with E-state index in [1.54, 1.807) is 19.1 Å². The number of halogens is 2. The predicted octanol–water partition coefficient (Wildman–Crippen LogP) is 4.60. The first-order valence-corrected chi connectivity index (χ1v) is 8.47. The van der Waals surface area contributed by atoms with Crippen molar-refractivity contribution < 1.29 is 8.78 Å². The van der Waals surface area contributed by atoms with Crippen LogP contribution in [0.3, 0.4) is 0 Å². The molecule has 0 bridgehead atoms. The zero-order chi connectivity index (χ0) is 14.5. The number of hydrogen-bond acceptors (Lipinski definition) is 2. The Kier molecular flexibility index (Phi) is 5.85. The number of hydrogen-bond donors (Lipinski definition) is 1. The van der Waals surface area contributed by atoms with Crippen molar-refractivity contribution in [3.8, 4) is 0 Å². The fourth-order valence-corrected chi connectivity index (χ4v) is 4.15. The van der Waals surface area contributed by atoms with Gasteiger partial charge in [-0.05, 0) is 31.9 Å². The van der Waals surface area contributed by atoms with Crippen molar-refractivity contribution in [2.45, 2.75) is 50.8 Å². The molecule has 0 radical (unpaired) electrons. The van der Waals surface area contributed by atoms with Crippen molar-refractivity contribution >= 4 is 11.8 Å². The topological polar surface area (TPSA) is 12.0 Å². The fraction of sp³-hybridized carbons (Fsp3) is 0.625. The highest BCUT2D eigenvalue weighted by atomic mass is 32.2. The summed E-state index contributed by atoms with van der Waals surface area (Å²) < 4.78 is 27.8. The second-order valence-corrected chi connectivity index (χ2v) is 6.78. The van der Waals surface area contributed by atoms with Gasteiger partial charge in [-0.15, -0.1) is 0 Å². The van der Waals surface area contributed by atoms with Crippen LogP contribution in [0.15, 0.2) is 12.1 Å². The van der Waals surface area contributed by atoms with Crippen LogP contribution in [0.5, 0.6) is 0 Å². The van der Waals surface area contributed by atoms with E-state index in [-0.39, 0.29) is 6.04 Å². The van der Waals surface area contributed by atoms with E-state index in [0.29, 0.717) is 16.4 Å². The molecule has 0 aliphatic heterocycles. The van der Waals surface area contributed by atoms with E-state index < -0.39 is 11.6 Å². The van der Waals surface area contributed by atoms with Gasteiger partial charge >= 0.3 is 0 Å². The number of thioether (sulfide) groups is 1. The van der Waals surface area contributed by atoms with Crippen LogP contribution >= 0.6 is 11.8 Å². The van der Waals surface area contributed by atoms with Crippen molar-refractivity contribution in [3.05, 3.63) is 34.9 Å². The van der Waals surface area contributed by atoms with Gasteiger partial charge in [0, 0.05) is 22.6 Å². The van der Waals surface area contributed by atoms with Crippen LogP contribution in [0.2, 0.25) is 0 Å². The van der Waals surface area contributed by atoms with Crippen LogP contribution < -0.4 is 5.32 Å². The van der Waals surface area contributed by atoms with Gasteiger partial charge in [-0.2, -0.15) is 11.8 Å². The van der Waals surface area contributed by atoms with Crippen LogP contribution in [0.25, 0.3) is 0 Å². The third kappa shape index (κ3) is 3.73. The summed E-state index contributed by atoms with van der Waals surface area (Å²) in [5.41, 5.74) is 0.824. The Balaban J connectivity index is 2.08. The standard InChI is InChI=1S/C16H23F2NS/c1-3-19-14(10-20-12-6-4-5-7-12)13-9-8-11(2)15(17)16(13)18/h8-9,12,14,19H,3-7,10H2,1-2H3. The van der Waals surface area contributed by atoms with E-state index >= 15 is 0 Å². The lowest BCUT2D eigenvalue weighted by Gasteiger charge is -2.21. The lowest BCUT2D eigenvalue weighted by molar-refractivity contribution is 0.474. The SMILES string of the molecule is CCNC(CSC1CCCC1)c1ccc(C)c(F)c1F. The Hall–Kier alpha value is -0.610. The summed E-state index contributed by atoms with van der Waals surface area (Å²) >= 11 is 1.89. The number of nitrogens with one attached hydrogen (secondary N) is 1. The highest BCUT2D eigenvalue weighted by Gasteiger charge is 2.22. The molecule has 1 unspecified atom stereocenters. The molecular weight excluding hydrogens is 276 g/mol. The molecule has 1 aromatic rings. The molecule has 0 amide bonds. The molecule has 1 aliphatic rings. The summed E-state index contributed by atoms with van der Waals surface area (Å²) in [5.74, 6) is -0.600. The lowest BCUT2D eigenvalue weighted by Crippen LogP contribution is -2.25. The van der Waals surface area contributed by atoms with Crippen molar-refractivity contribution in [2.24, 2.45) is 0 Å². The predicted molar refractivity (Wildman–Crippen MR) is 82.2 cm³/mol. The smallest absolute Gasteiger partial charge is 0.163 e. The normalized spacial score (nSPS) is 17.6. The summed E-state index contributed by atoms with van der Waals surface area (Å²) in [4.78, 5) is 0. The summed E-state index contributed by atoms with van der Waals surface area (Å²) in [7, 11) is 0. The van der Waals surface area contributed by atoms with E-state index in [9.17, 15) is 8.78 Å². The molecule has 1 atom stereocenters. The Morgan fingerprint density at radius 3 is 2.60 bits per heavy atom. The molecule has 1 aromatic carbocycles. The zero-order valence-corrected chi connectivity index (χ0v) is 13.0. The fourth-order valence-electron chi connectivity index (χ4n) is 2.72. The Morgan fingerprint density at radius 2 is 1.95 bits per heavy atom. The number of benzene rings is 1. The summed E-state index contributed by atoms with van der Waals surface area (Å²) in [6.07, 6.45) is 5.12. The molecule has 2 rings (SSSR count). The quantitative estimate of drug-likeness (QED) is 0.824. The minimum absolute atomic E-state index is 0.110. The Bertz CT molecular complexity index is 444. The molecule has 0 spiro atoms. The molecule has 1 aliphatic carbocycles. The van der Waals surface area contributed by atoms with Crippen LogP contribution in [-0.4, -0.2) is 17.5 Å². The van der Waals surface area contributed by atoms with E-state index in [1.807, 2.05) is 18.7 Å². The van der Waals surface area contributed by atoms with E-state index in [0.717, 1.165) is 12.3 Å². The first-order valence-electron chi connectivity index (χ1n) is 7.43. The second-order valence-electron chi connectivity index (χ2n) is 5.45. The summed E-state index contributed by atoms with van der Waals surface area (Å²) in [6, 6.07) is 3.27. The molecule has 1 fully saturated rings. The molecule has 20 heavy (non-hydrogen) atoms. The van der Waals surface area contributed by atoms with Crippen molar-refractivity contribution in [1.29, 1.82) is 0 Å². The zero-order valence-electron chi connectivity index (χ0n) is 12.2. The number of rotatable bonds is 6. The number of aryl methyl sites for hydroxylation is 1. The summed E-state index contributed by atoms with van der Waals surface area (Å²) in [5, 5.41) is 3.97. The van der Waals surface area contributed by atoms with E-state index in [2.05, 4.69) is 5.32 Å². The third-order valence-electron chi connectivity index (χ3n) is 3.93. The van der Waals surface area contributed by atoms with Gasteiger partial charge in [-0.1, -0.05) is 31.9 Å². The molecule has 1 N–H and O–H groups in total. The first-order chi connectivity index (χ1) is 9.63. The molecule has 4 heteroatoms. The van der Waals surface area contributed by atoms with Crippen molar-refractivity contribution in [2.75, 3.05) is 12.3 Å². The Morgan fingerprint density at radius 1 is 1.25 bits per heavy atom. The first kappa shape index (κ1) is 15.8. The van der Waals surface area contributed by atoms with Crippen LogP contribution in [0.1, 0.15) is 49.8 Å². The summed E-state index contributed by atoms with van der Waals surface area (Å²) in [6.45, 7) is 4.35. The van der Waals surface area contributed by atoms with Crippen LogP contribution in [-0.2, 0) is 0 Å².